The quantitative estimate of drug-likeness (QED) is 0.486. The number of piperazine rings is 1. The van der Waals surface area contributed by atoms with Gasteiger partial charge in [-0.3, -0.25) is 9.59 Å². The van der Waals surface area contributed by atoms with Gasteiger partial charge >= 0.3 is 5.63 Å². The molecular formula is C23H26N4O5. The Bertz CT molecular complexity index is 1150. The number of hydrogen-bond donors (Lipinski definition) is 1. The summed E-state index contributed by atoms with van der Waals surface area (Å²) in [6.07, 6.45) is 2.66. The summed E-state index contributed by atoms with van der Waals surface area (Å²) >= 11 is 0. The van der Waals surface area contributed by atoms with Crippen molar-refractivity contribution >= 4 is 29.2 Å². The molecule has 9 nitrogen and oxygen atoms in total. The van der Waals surface area contributed by atoms with Crippen molar-refractivity contribution in [3.8, 4) is 0 Å². The van der Waals surface area contributed by atoms with Crippen LogP contribution in [0, 0.1) is 6.92 Å². The number of aryl methyl sites for hydroxylation is 2. The lowest BCUT2D eigenvalue weighted by Crippen LogP contribution is -2.49. The predicted octanol–water partition coefficient (Wildman–Crippen LogP) is 2.05. The SMILES string of the molecule is CCc1cc(N2CCN(C(=O)Cc3cc(=O)oc4cc(C)ccc34)CC2)ncn1.O=CO. The molecule has 3 heterocycles. The molecule has 0 atom stereocenters. The summed E-state index contributed by atoms with van der Waals surface area (Å²) in [5.41, 5.74) is 2.84. The fourth-order valence-electron chi connectivity index (χ4n) is 3.70. The van der Waals surface area contributed by atoms with E-state index in [0.29, 0.717) is 24.2 Å². The van der Waals surface area contributed by atoms with Gasteiger partial charge in [-0.25, -0.2) is 14.8 Å². The molecule has 9 heteroatoms. The van der Waals surface area contributed by atoms with E-state index in [0.717, 1.165) is 42.0 Å². The van der Waals surface area contributed by atoms with Crippen LogP contribution in [0.25, 0.3) is 11.0 Å². The van der Waals surface area contributed by atoms with E-state index in [1.165, 1.54) is 6.07 Å². The number of carboxylic acid groups (broad SMARTS) is 1. The molecule has 1 fully saturated rings. The fourth-order valence-corrected chi connectivity index (χ4v) is 3.70. The molecule has 0 aliphatic carbocycles. The predicted molar refractivity (Wildman–Crippen MR) is 120 cm³/mol. The molecule has 1 aromatic carbocycles. The van der Waals surface area contributed by atoms with Crippen LogP contribution in [0.1, 0.15) is 23.7 Å². The van der Waals surface area contributed by atoms with Crippen LogP contribution in [-0.4, -0.2) is 58.5 Å². The first-order valence-corrected chi connectivity index (χ1v) is 10.4. The zero-order valence-corrected chi connectivity index (χ0v) is 18.2. The molecule has 0 spiro atoms. The van der Waals surface area contributed by atoms with Crippen molar-refractivity contribution in [2.75, 3.05) is 31.1 Å². The molecule has 0 radical (unpaired) electrons. The minimum atomic E-state index is -0.425. The monoisotopic (exact) mass is 438 g/mol. The van der Waals surface area contributed by atoms with Crippen molar-refractivity contribution in [2.24, 2.45) is 0 Å². The molecule has 1 aliphatic heterocycles. The summed E-state index contributed by atoms with van der Waals surface area (Å²) < 4.78 is 5.29. The number of carbonyl (C=O) groups excluding carboxylic acids is 1. The lowest BCUT2D eigenvalue weighted by atomic mass is 10.0. The van der Waals surface area contributed by atoms with Gasteiger partial charge in [-0.05, 0) is 30.5 Å². The number of benzene rings is 1. The first-order valence-electron chi connectivity index (χ1n) is 10.4. The average Bonchev–Trinajstić information content (AvgIpc) is 2.79. The van der Waals surface area contributed by atoms with E-state index in [2.05, 4.69) is 21.8 Å². The Morgan fingerprint density at radius 2 is 1.88 bits per heavy atom. The van der Waals surface area contributed by atoms with E-state index in [1.54, 1.807) is 6.33 Å². The average molecular weight is 438 g/mol. The number of hydrogen-bond acceptors (Lipinski definition) is 7. The van der Waals surface area contributed by atoms with E-state index in [9.17, 15) is 9.59 Å². The van der Waals surface area contributed by atoms with Gasteiger partial charge in [0.2, 0.25) is 5.91 Å². The maximum absolute atomic E-state index is 12.9. The largest absolute Gasteiger partial charge is 0.483 e. The fraction of sp³-hybridized carbons (Fsp3) is 0.348. The molecule has 0 saturated carbocycles. The van der Waals surface area contributed by atoms with Gasteiger partial charge in [0.15, 0.2) is 0 Å². The van der Waals surface area contributed by atoms with Gasteiger partial charge in [0.25, 0.3) is 6.47 Å². The minimum absolute atomic E-state index is 0.0223. The molecule has 0 bridgehead atoms. The lowest BCUT2D eigenvalue weighted by molar-refractivity contribution is -0.130. The zero-order valence-electron chi connectivity index (χ0n) is 18.2. The molecule has 1 amide bonds. The van der Waals surface area contributed by atoms with Crippen molar-refractivity contribution in [3.05, 3.63) is 63.9 Å². The van der Waals surface area contributed by atoms with Crippen LogP contribution in [0.2, 0.25) is 0 Å². The van der Waals surface area contributed by atoms with Crippen LogP contribution >= 0.6 is 0 Å². The van der Waals surface area contributed by atoms with Crippen molar-refractivity contribution in [1.82, 2.24) is 14.9 Å². The van der Waals surface area contributed by atoms with Crippen molar-refractivity contribution < 1.29 is 19.1 Å². The van der Waals surface area contributed by atoms with Crippen LogP contribution in [0.5, 0.6) is 0 Å². The molecule has 1 saturated heterocycles. The molecule has 3 aromatic rings. The Kier molecular flexibility index (Phi) is 7.54. The molecule has 168 valence electrons. The third-order valence-corrected chi connectivity index (χ3v) is 5.36. The minimum Gasteiger partial charge on any atom is -0.483 e. The normalized spacial score (nSPS) is 13.4. The second-order valence-corrected chi connectivity index (χ2v) is 7.46. The van der Waals surface area contributed by atoms with E-state index < -0.39 is 5.63 Å². The third kappa shape index (κ3) is 5.48. The van der Waals surface area contributed by atoms with Crippen molar-refractivity contribution in [3.63, 3.8) is 0 Å². The summed E-state index contributed by atoms with van der Waals surface area (Å²) in [6, 6.07) is 9.14. The highest BCUT2D eigenvalue weighted by molar-refractivity contribution is 5.87. The molecule has 1 N–H and O–H groups in total. The Labute approximate surface area is 185 Å². The Morgan fingerprint density at radius 1 is 1.16 bits per heavy atom. The lowest BCUT2D eigenvalue weighted by Gasteiger charge is -2.35. The molecular weight excluding hydrogens is 412 g/mol. The number of rotatable bonds is 4. The number of amides is 1. The van der Waals surface area contributed by atoms with Gasteiger partial charge in [-0.2, -0.15) is 0 Å². The highest BCUT2D eigenvalue weighted by Gasteiger charge is 2.23. The van der Waals surface area contributed by atoms with E-state index in [-0.39, 0.29) is 18.8 Å². The third-order valence-electron chi connectivity index (χ3n) is 5.36. The van der Waals surface area contributed by atoms with Crippen LogP contribution < -0.4 is 10.5 Å². The number of aromatic nitrogens is 2. The second-order valence-electron chi connectivity index (χ2n) is 7.46. The van der Waals surface area contributed by atoms with E-state index >= 15 is 0 Å². The number of carbonyl (C=O) groups is 2. The van der Waals surface area contributed by atoms with Crippen LogP contribution in [-0.2, 0) is 22.4 Å². The van der Waals surface area contributed by atoms with Crippen LogP contribution in [0.3, 0.4) is 0 Å². The highest BCUT2D eigenvalue weighted by atomic mass is 16.4. The first-order chi connectivity index (χ1) is 15.4. The second kappa shape index (κ2) is 10.5. The smallest absolute Gasteiger partial charge is 0.336 e. The summed E-state index contributed by atoms with van der Waals surface area (Å²) in [7, 11) is 0. The Morgan fingerprint density at radius 3 is 2.56 bits per heavy atom. The molecule has 4 rings (SSSR count). The van der Waals surface area contributed by atoms with Crippen LogP contribution in [0.4, 0.5) is 5.82 Å². The molecule has 32 heavy (non-hydrogen) atoms. The van der Waals surface area contributed by atoms with Gasteiger partial charge in [0, 0.05) is 49.4 Å². The van der Waals surface area contributed by atoms with Gasteiger partial charge in [0.1, 0.15) is 17.7 Å². The van der Waals surface area contributed by atoms with E-state index in [4.69, 9.17) is 14.3 Å². The maximum atomic E-state index is 12.9. The van der Waals surface area contributed by atoms with Gasteiger partial charge in [-0.15, -0.1) is 0 Å². The van der Waals surface area contributed by atoms with E-state index in [1.807, 2.05) is 36.1 Å². The number of nitrogens with zero attached hydrogens (tertiary/aromatic N) is 4. The molecule has 0 unspecified atom stereocenters. The van der Waals surface area contributed by atoms with Crippen molar-refractivity contribution in [2.45, 2.75) is 26.7 Å². The summed E-state index contributed by atoms with van der Waals surface area (Å²) in [4.78, 5) is 45.8. The van der Waals surface area contributed by atoms with Gasteiger partial charge in [-0.1, -0.05) is 19.1 Å². The number of fused-ring (bicyclic) bond motifs is 1. The van der Waals surface area contributed by atoms with Crippen molar-refractivity contribution in [1.29, 1.82) is 0 Å². The Hall–Kier alpha value is -3.75. The zero-order chi connectivity index (χ0) is 23.1. The van der Waals surface area contributed by atoms with Gasteiger partial charge < -0.3 is 19.3 Å². The van der Waals surface area contributed by atoms with Gasteiger partial charge in [0.05, 0.1) is 6.42 Å². The van der Waals surface area contributed by atoms with Crippen LogP contribution in [0.15, 0.2) is 45.9 Å². The summed E-state index contributed by atoms with van der Waals surface area (Å²) in [5.74, 6) is 0.931. The highest BCUT2D eigenvalue weighted by Crippen LogP contribution is 2.20. The molecule has 1 aliphatic rings. The topological polar surface area (TPSA) is 117 Å². The molecule has 2 aromatic heterocycles. The first kappa shape index (κ1) is 22.9. The standard InChI is InChI=1S/C22H24N4O3.CH2O2/c1-3-17-13-20(24-14-23-17)25-6-8-26(9-7-25)21(27)11-16-12-22(28)29-19-10-15(2)4-5-18(16)19;2-1-3/h4-5,10,12-14H,3,6-9,11H2,1-2H3;1H,(H,2,3). The summed E-state index contributed by atoms with van der Waals surface area (Å²) in [6.45, 7) is 6.47. The summed E-state index contributed by atoms with van der Waals surface area (Å²) in [5, 5.41) is 7.70. The number of anilines is 1. The maximum Gasteiger partial charge on any atom is 0.336 e. The Balaban J connectivity index is 0.000000913.